The van der Waals surface area contributed by atoms with Gasteiger partial charge in [0.2, 0.25) is 0 Å². The number of aromatic nitrogens is 1. The zero-order valence-electron chi connectivity index (χ0n) is 20.9. The van der Waals surface area contributed by atoms with Gasteiger partial charge < -0.3 is 25.0 Å². The summed E-state index contributed by atoms with van der Waals surface area (Å²) in [5, 5.41) is 0. The molecule has 0 unspecified atom stereocenters. The number of nitrogens with zero attached hydrogens (tertiary/aromatic N) is 4. The number of rotatable bonds is 9. The number of halogens is 1. The molecule has 2 aromatic rings. The number of piperidine rings is 1. The fourth-order valence-corrected chi connectivity index (χ4v) is 3.95. The molecule has 3 rings (SSSR count). The van der Waals surface area contributed by atoms with Gasteiger partial charge in [-0.1, -0.05) is 12.1 Å². The van der Waals surface area contributed by atoms with Gasteiger partial charge in [-0.05, 0) is 55.8 Å². The Kier molecular flexibility index (Phi) is 9.13. The van der Waals surface area contributed by atoms with Crippen LogP contribution in [0.15, 0.2) is 41.5 Å². The second kappa shape index (κ2) is 12.3. The minimum atomic E-state index is -0.660. The van der Waals surface area contributed by atoms with Crippen LogP contribution in [0.1, 0.15) is 40.2 Å². The summed E-state index contributed by atoms with van der Waals surface area (Å²) in [7, 11) is 3.47. The number of urea groups is 1. The van der Waals surface area contributed by atoms with Crippen molar-refractivity contribution in [3.63, 3.8) is 0 Å². The lowest BCUT2D eigenvalue weighted by Gasteiger charge is -2.33. The maximum Gasteiger partial charge on any atom is 0.319 e. The molecule has 2 heterocycles. The van der Waals surface area contributed by atoms with Crippen LogP contribution >= 0.6 is 0 Å². The van der Waals surface area contributed by atoms with Crippen molar-refractivity contribution in [1.82, 2.24) is 14.8 Å². The first-order valence-electron chi connectivity index (χ1n) is 11.7. The van der Waals surface area contributed by atoms with Gasteiger partial charge in [-0.3, -0.25) is 9.79 Å². The second-order valence-corrected chi connectivity index (χ2v) is 8.68. The van der Waals surface area contributed by atoms with E-state index in [1.54, 1.807) is 36.0 Å². The predicted octanol–water partition coefficient (Wildman–Crippen LogP) is 3.26. The highest BCUT2D eigenvalue weighted by Gasteiger charge is 2.24. The fraction of sp³-hybridized carbons (Fsp3) is 0.385. The van der Waals surface area contributed by atoms with Crippen LogP contribution in [0, 0.1) is 12.7 Å². The van der Waals surface area contributed by atoms with Crippen LogP contribution in [0.2, 0.25) is 0 Å². The van der Waals surface area contributed by atoms with Gasteiger partial charge in [0, 0.05) is 39.0 Å². The van der Waals surface area contributed by atoms with Gasteiger partial charge in [-0.2, -0.15) is 0 Å². The van der Waals surface area contributed by atoms with E-state index >= 15 is 0 Å². The molecule has 0 saturated carbocycles. The van der Waals surface area contributed by atoms with Crippen LogP contribution in [-0.4, -0.2) is 79.9 Å². The van der Waals surface area contributed by atoms with Crippen LogP contribution in [0.5, 0.6) is 5.75 Å². The Balaban J connectivity index is 1.59. The topological polar surface area (TPSA) is 110 Å². The van der Waals surface area contributed by atoms with Crippen molar-refractivity contribution >= 4 is 24.2 Å². The van der Waals surface area contributed by atoms with E-state index in [4.69, 9.17) is 15.2 Å². The van der Waals surface area contributed by atoms with Crippen molar-refractivity contribution in [2.24, 2.45) is 10.7 Å². The van der Waals surface area contributed by atoms with Crippen molar-refractivity contribution < 1.29 is 23.5 Å². The normalized spacial score (nSPS) is 14.4. The van der Waals surface area contributed by atoms with Gasteiger partial charge in [0.05, 0.1) is 18.4 Å². The van der Waals surface area contributed by atoms with Gasteiger partial charge >= 0.3 is 6.03 Å². The molecule has 1 aliphatic heterocycles. The summed E-state index contributed by atoms with van der Waals surface area (Å²) < 4.78 is 26.3. The molecular formula is C26H32FN5O4. The molecule has 0 bridgehead atoms. The molecular weight excluding hydrogens is 465 g/mol. The highest BCUT2D eigenvalue weighted by molar-refractivity contribution is 5.92. The summed E-state index contributed by atoms with van der Waals surface area (Å²) in [4.78, 5) is 35.1. The van der Waals surface area contributed by atoms with Gasteiger partial charge in [0.25, 0.3) is 5.91 Å². The molecule has 9 nitrogen and oxygen atoms in total. The Hall–Kier alpha value is -3.79. The maximum atomic E-state index is 14.9. The lowest BCUT2D eigenvalue weighted by Crippen LogP contribution is -2.45. The van der Waals surface area contributed by atoms with E-state index in [-0.39, 0.29) is 30.2 Å². The van der Waals surface area contributed by atoms with E-state index in [9.17, 15) is 14.0 Å². The molecule has 1 aromatic heterocycles. The number of aliphatic imine (C=N–C) groups is 1. The monoisotopic (exact) mass is 497 g/mol. The van der Waals surface area contributed by atoms with Gasteiger partial charge in [-0.15, -0.1) is 0 Å². The molecule has 1 fully saturated rings. The number of hydrogen-bond donors (Lipinski definition) is 1. The molecule has 1 aromatic carbocycles. The van der Waals surface area contributed by atoms with Crippen LogP contribution in [-0.2, 0) is 4.74 Å². The van der Waals surface area contributed by atoms with E-state index in [1.807, 2.05) is 6.92 Å². The average molecular weight is 498 g/mol. The number of ether oxygens (including phenoxy) is 2. The number of carbonyl (C=O) groups is 2. The minimum Gasteiger partial charge on any atom is -0.488 e. The summed E-state index contributed by atoms with van der Waals surface area (Å²) in [5.74, 6) is -1.12. The quantitative estimate of drug-likeness (QED) is 0.422. The summed E-state index contributed by atoms with van der Waals surface area (Å²) in [5.41, 5.74) is 7.68. The second-order valence-electron chi connectivity index (χ2n) is 8.68. The highest BCUT2D eigenvalue weighted by atomic mass is 19.1. The minimum absolute atomic E-state index is 0.00379. The van der Waals surface area contributed by atoms with Crippen LogP contribution < -0.4 is 10.5 Å². The van der Waals surface area contributed by atoms with Crippen molar-refractivity contribution in [2.45, 2.75) is 25.9 Å². The van der Waals surface area contributed by atoms with Gasteiger partial charge in [-0.25, -0.2) is 14.2 Å². The third kappa shape index (κ3) is 6.66. The van der Waals surface area contributed by atoms with Crippen LogP contribution in [0.4, 0.5) is 9.18 Å². The Morgan fingerprint density at radius 1 is 1.25 bits per heavy atom. The average Bonchev–Trinajstić information content (AvgIpc) is 2.86. The number of primary amides is 1. The predicted molar refractivity (Wildman–Crippen MR) is 136 cm³/mol. The molecule has 3 amide bonds. The molecule has 0 atom stereocenters. The number of benzene rings is 1. The molecule has 0 radical (unpaired) electrons. The summed E-state index contributed by atoms with van der Waals surface area (Å²) >= 11 is 0. The van der Waals surface area contributed by atoms with Crippen LogP contribution in [0.25, 0.3) is 5.57 Å². The number of aryl methyl sites for hydroxylation is 1. The number of likely N-dealkylation sites (tertiary alicyclic amines) is 1. The van der Waals surface area contributed by atoms with Crippen molar-refractivity contribution in [2.75, 3.05) is 40.4 Å². The zero-order valence-corrected chi connectivity index (χ0v) is 20.9. The maximum absolute atomic E-state index is 14.9. The smallest absolute Gasteiger partial charge is 0.319 e. The number of hydrogen-bond acceptors (Lipinski definition) is 6. The summed E-state index contributed by atoms with van der Waals surface area (Å²) in [6.45, 7) is 7.09. The number of nitrogens with two attached hydrogens (primary N) is 1. The van der Waals surface area contributed by atoms with Crippen molar-refractivity contribution in [3.05, 3.63) is 64.9 Å². The summed E-state index contributed by atoms with van der Waals surface area (Å²) in [6.07, 6.45) is 3.00. The molecule has 0 spiro atoms. The lowest BCUT2D eigenvalue weighted by atomic mass is 9.99. The zero-order chi connectivity index (χ0) is 26.2. The number of carbonyl (C=O) groups excluding carboxylic acids is 2. The van der Waals surface area contributed by atoms with E-state index in [0.29, 0.717) is 36.5 Å². The molecule has 10 heteroatoms. The molecule has 192 valence electrons. The Morgan fingerprint density at radius 3 is 2.58 bits per heavy atom. The Labute approximate surface area is 210 Å². The Bertz CT molecular complexity index is 1140. The molecule has 1 aliphatic rings. The van der Waals surface area contributed by atoms with Crippen LogP contribution in [0.3, 0.4) is 0 Å². The van der Waals surface area contributed by atoms with Gasteiger partial charge in [0.15, 0.2) is 11.6 Å². The standard InChI is InChI=1S/C26H32FN5O4/c1-17-5-7-22(25(28)33)30-24(17)20(16-29-2)18-6-8-23(21(27)15-18)36-14-13-35-19-9-11-32(12-10-19)26(34)31(3)4/h5-8,15-16,19H,2,9-14H2,1,3-4H3,(H2,28,33)/b20-16-. The first-order chi connectivity index (χ1) is 17.2. The van der Waals surface area contributed by atoms with E-state index < -0.39 is 11.7 Å². The summed E-state index contributed by atoms with van der Waals surface area (Å²) in [6, 6.07) is 7.79. The lowest BCUT2D eigenvalue weighted by molar-refractivity contribution is -0.0000968. The fourth-order valence-electron chi connectivity index (χ4n) is 3.95. The largest absolute Gasteiger partial charge is 0.488 e. The van der Waals surface area contributed by atoms with Gasteiger partial charge in [0.1, 0.15) is 12.3 Å². The number of pyridine rings is 1. The van der Waals surface area contributed by atoms with Crippen molar-refractivity contribution in [1.29, 1.82) is 0 Å². The third-order valence-corrected chi connectivity index (χ3v) is 5.86. The molecule has 0 aliphatic carbocycles. The SMILES string of the molecule is C=N/C=C(/c1ccc(OCCOC2CCN(C(=O)N(C)C)CC2)c(F)c1)c1nc(C(N)=O)ccc1C. The number of amides is 3. The molecule has 2 N–H and O–H groups in total. The van der Waals surface area contributed by atoms with E-state index in [1.165, 1.54) is 24.4 Å². The molecule has 36 heavy (non-hydrogen) atoms. The highest BCUT2D eigenvalue weighted by Crippen LogP contribution is 2.29. The third-order valence-electron chi connectivity index (χ3n) is 5.86. The first-order valence-corrected chi connectivity index (χ1v) is 11.7. The van der Waals surface area contributed by atoms with Crippen molar-refractivity contribution in [3.8, 4) is 5.75 Å². The Morgan fingerprint density at radius 2 is 1.97 bits per heavy atom. The van der Waals surface area contributed by atoms with E-state index in [2.05, 4.69) is 16.7 Å². The molecule has 1 saturated heterocycles. The van der Waals surface area contributed by atoms with E-state index in [0.717, 1.165) is 18.4 Å². The first kappa shape index (κ1) is 26.8.